The topological polar surface area (TPSA) is 17.3 Å². The minimum Gasteiger partial charge on any atom is -0.237 e. The van der Waals surface area contributed by atoms with Gasteiger partial charge in [-0.3, -0.25) is 0 Å². The number of pyridine rings is 1. The lowest BCUT2D eigenvalue weighted by Gasteiger charge is -1.96. The molecule has 0 bridgehead atoms. The quantitative estimate of drug-likeness (QED) is 0.614. The van der Waals surface area contributed by atoms with E-state index in [-0.39, 0.29) is 0 Å². The molecule has 2 heteroatoms. The molecule has 0 aliphatic rings. The first kappa shape index (κ1) is 10.1. The van der Waals surface area contributed by atoms with Crippen molar-refractivity contribution >= 4 is 5.52 Å². The van der Waals surface area contributed by atoms with Gasteiger partial charge in [0.15, 0.2) is 0 Å². The molecule has 0 fully saturated rings. The van der Waals surface area contributed by atoms with Gasteiger partial charge in [0.2, 0.25) is 0 Å². The van der Waals surface area contributed by atoms with Gasteiger partial charge in [-0.2, -0.15) is 5.10 Å². The van der Waals surface area contributed by atoms with Gasteiger partial charge in [-0.15, -0.1) is 0 Å². The fourth-order valence-corrected chi connectivity index (χ4v) is 2.19. The van der Waals surface area contributed by atoms with E-state index in [1.54, 1.807) is 0 Å². The van der Waals surface area contributed by atoms with Crippen molar-refractivity contribution in [2.45, 2.75) is 13.8 Å². The maximum atomic E-state index is 4.70. The van der Waals surface area contributed by atoms with Crippen LogP contribution in [0.1, 0.15) is 11.3 Å². The summed E-state index contributed by atoms with van der Waals surface area (Å²) in [4.78, 5) is 0. The standard InChI is InChI=1S/C15H14N2/c1-11-7-6-10-14-12(2)15(16-17(11)14)13-8-4-3-5-9-13/h3-10H,1-2H3. The van der Waals surface area contributed by atoms with Crippen molar-refractivity contribution < 1.29 is 0 Å². The van der Waals surface area contributed by atoms with Crippen LogP contribution in [0.5, 0.6) is 0 Å². The lowest BCUT2D eigenvalue weighted by Crippen LogP contribution is -1.91. The van der Waals surface area contributed by atoms with Crippen molar-refractivity contribution in [1.29, 1.82) is 0 Å². The fourth-order valence-electron chi connectivity index (χ4n) is 2.19. The molecule has 0 aliphatic carbocycles. The van der Waals surface area contributed by atoms with Crippen LogP contribution in [0.3, 0.4) is 0 Å². The van der Waals surface area contributed by atoms with Crippen molar-refractivity contribution in [3.8, 4) is 11.3 Å². The molecule has 0 aliphatic heterocycles. The molecule has 0 spiro atoms. The molecule has 0 radical (unpaired) electrons. The Morgan fingerprint density at radius 3 is 2.35 bits per heavy atom. The first-order chi connectivity index (χ1) is 8.27. The van der Waals surface area contributed by atoms with Crippen LogP contribution >= 0.6 is 0 Å². The Bertz CT molecular complexity index is 666. The van der Waals surface area contributed by atoms with Gasteiger partial charge in [0, 0.05) is 16.8 Å². The van der Waals surface area contributed by atoms with Crippen LogP contribution in [-0.4, -0.2) is 9.61 Å². The second-order valence-corrected chi connectivity index (χ2v) is 4.30. The molecule has 84 valence electrons. The largest absolute Gasteiger partial charge is 0.237 e. The number of aryl methyl sites for hydroxylation is 2. The summed E-state index contributed by atoms with van der Waals surface area (Å²) in [5, 5.41) is 4.70. The number of aromatic nitrogens is 2. The zero-order valence-electron chi connectivity index (χ0n) is 10.0. The number of nitrogens with zero attached hydrogens (tertiary/aromatic N) is 2. The van der Waals surface area contributed by atoms with Gasteiger partial charge in [-0.1, -0.05) is 36.4 Å². The summed E-state index contributed by atoms with van der Waals surface area (Å²) < 4.78 is 2.01. The summed E-state index contributed by atoms with van der Waals surface area (Å²) in [7, 11) is 0. The molecule has 0 saturated carbocycles. The van der Waals surface area contributed by atoms with Crippen molar-refractivity contribution in [2.24, 2.45) is 0 Å². The first-order valence-electron chi connectivity index (χ1n) is 5.78. The summed E-state index contributed by atoms with van der Waals surface area (Å²) in [6.07, 6.45) is 0. The molecule has 0 N–H and O–H groups in total. The Hall–Kier alpha value is -2.09. The van der Waals surface area contributed by atoms with Crippen LogP contribution in [0.25, 0.3) is 16.8 Å². The smallest absolute Gasteiger partial charge is 0.0962 e. The predicted octanol–water partition coefficient (Wildman–Crippen LogP) is 3.62. The fraction of sp³-hybridized carbons (Fsp3) is 0.133. The number of hydrogen-bond acceptors (Lipinski definition) is 1. The Kier molecular flexibility index (Phi) is 2.22. The lowest BCUT2D eigenvalue weighted by atomic mass is 10.1. The van der Waals surface area contributed by atoms with E-state index >= 15 is 0 Å². The van der Waals surface area contributed by atoms with E-state index in [4.69, 9.17) is 5.10 Å². The minimum absolute atomic E-state index is 1.07. The molecule has 2 nitrogen and oxygen atoms in total. The Morgan fingerprint density at radius 2 is 1.65 bits per heavy atom. The van der Waals surface area contributed by atoms with Crippen LogP contribution in [0.15, 0.2) is 48.5 Å². The average molecular weight is 222 g/mol. The molecule has 0 saturated heterocycles. The van der Waals surface area contributed by atoms with Gasteiger partial charge < -0.3 is 0 Å². The lowest BCUT2D eigenvalue weighted by molar-refractivity contribution is 0.918. The third kappa shape index (κ3) is 1.53. The highest BCUT2D eigenvalue weighted by atomic mass is 15.2. The molecule has 17 heavy (non-hydrogen) atoms. The molecule has 0 unspecified atom stereocenters. The van der Waals surface area contributed by atoms with Gasteiger partial charge in [0.05, 0.1) is 11.2 Å². The van der Waals surface area contributed by atoms with Crippen molar-refractivity contribution in [2.75, 3.05) is 0 Å². The molecule has 3 rings (SSSR count). The van der Waals surface area contributed by atoms with Gasteiger partial charge in [0.25, 0.3) is 0 Å². The SMILES string of the molecule is Cc1c(-c2ccccc2)nn2c(C)cccc12. The normalized spacial score (nSPS) is 10.9. The highest BCUT2D eigenvalue weighted by molar-refractivity contribution is 5.72. The number of benzene rings is 1. The summed E-state index contributed by atoms with van der Waals surface area (Å²) in [6.45, 7) is 4.21. The van der Waals surface area contributed by atoms with Crippen LogP contribution in [0.2, 0.25) is 0 Å². The number of fused-ring (bicyclic) bond motifs is 1. The molecular weight excluding hydrogens is 208 g/mol. The van der Waals surface area contributed by atoms with E-state index in [9.17, 15) is 0 Å². The van der Waals surface area contributed by atoms with E-state index in [0.717, 1.165) is 11.4 Å². The average Bonchev–Trinajstić information content (AvgIpc) is 2.70. The zero-order chi connectivity index (χ0) is 11.8. The summed E-state index contributed by atoms with van der Waals surface area (Å²) >= 11 is 0. The molecule has 1 aromatic carbocycles. The van der Waals surface area contributed by atoms with E-state index in [1.807, 2.05) is 22.7 Å². The van der Waals surface area contributed by atoms with Gasteiger partial charge in [0.1, 0.15) is 0 Å². The van der Waals surface area contributed by atoms with Crippen LogP contribution in [0, 0.1) is 13.8 Å². The summed E-state index contributed by atoms with van der Waals surface area (Å²) in [6, 6.07) is 16.6. The number of rotatable bonds is 1. The van der Waals surface area contributed by atoms with Crippen molar-refractivity contribution in [3.05, 3.63) is 59.8 Å². The number of hydrogen-bond donors (Lipinski definition) is 0. The monoisotopic (exact) mass is 222 g/mol. The van der Waals surface area contributed by atoms with E-state index < -0.39 is 0 Å². The Labute approximate surface area is 101 Å². The molecule has 2 heterocycles. The molecule has 0 amide bonds. The minimum atomic E-state index is 1.07. The Balaban J connectivity index is 2.32. The van der Waals surface area contributed by atoms with Crippen molar-refractivity contribution in [3.63, 3.8) is 0 Å². The van der Waals surface area contributed by atoms with Gasteiger partial charge in [-0.25, -0.2) is 4.52 Å². The molecule has 2 aromatic heterocycles. The highest BCUT2D eigenvalue weighted by Gasteiger charge is 2.10. The molecular formula is C15H14N2. The van der Waals surface area contributed by atoms with Gasteiger partial charge in [-0.05, 0) is 26.0 Å². The summed E-state index contributed by atoms with van der Waals surface area (Å²) in [5.74, 6) is 0. The summed E-state index contributed by atoms with van der Waals surface area (Å²) in [5.41, 5.74) is 5.82. The molecule has 0 atom stereocenters. The van der Waals surface area contributed by atoms with Crippen LogP contribution in [0.4, 0.5) is 0 Å². The van der Waals surface area contributed by atoms with Gasteiger partial charge >= 0.3 is 0 Å². The van der Waals surface area contributed by atoms with E-state index in [2.05, 4.69) is 44.2 Å². The van der Waals surface area contributed by atoms with Crippen LogP contribution < -0.4 is 0 Å². The first-order valence-corrected chi connectivity index (χ1v) is 5.78. The van der Waals surface area contributed by atoms with Crippen molar-refractivity contribution in [1.82, 2.24) is 9.61 Å². The maximum Gasteiger partial charge on any atom is 0.0962 e. The van der Waals surface area contributed by atoms with Crippen LogP contribution in [-0.2, 0) is 0 Å². The van der Waals surface area contributed by atoms with E-state index in [1.165, 1.54) is 16.6 Å². The molecule has 3 aromatic rings. The maximum absolute atomic E-state index is 4.70. The second kappa shape index (κ2) is 3.74. The third-order valence-electron chi connectivity index (χ3n) is 3.14. The predicted molar refractivity (Wildman–Crippen MR) is 70.1 cm³/mol. The zero-order valence-corrected chi connectivity index (χ0v) is 10.0. The third-order valence-corrected chi connectivity index (χ3v) is 3.14. The second-order valence-electron chi connectivity index (χ2n) is 4.30. The van der Waals surface area contributed by atoms with E-state index in [0.29, 0.717) is 0 Å². The highest BCUT2D eigenvalue weighted by Crippen LogP contribution is 2.25. The Morgan fingerprint density at radius 1 is 0.882 bits per heavy atom.